The molecule has 1 heterocycles. The van der Waals surface area contributed by atoms with E-state index in [9.17, 15) is 26.7 Å². The molecule has 0 N–H and O–H groups in total. The van der Waals surface area contributed by atoms with Crippen LogP contribution in [0.15, 0.2) is 48.3 Å². The van der Waals surface area contributed by atoms with Gasteiger partial charge in [-0.15, -0.1) is 13.2 Å². The van der Waals surface area contributed by atoms with Crippen LogP contribution >= 0.6 is 0 Å². The summed E-state index contributed by atoms with van der Waals surface area (Å²) in [7, 11) is 0. The van der Waals surface area contributed by atoms with Gasteiger partial charge in [0.2, 0.25) is 0 Å². The van der Waals surface area contributed by atoms with Gasteiger partial charge in [0.05, 0.1) is 12.4 Å². The van der Waals surface area contributed by atoms with Gasteiger partial charge < -0.3 is 4.74 Å². The standard InChI is InChI=1S/C12H9F5N2O2/c1-2-8(7-20)3-10(14)11(4-13)21-9-5-18-19(6-9)12(15,16)17/h2-3,5-7H,1,4H2/b8-3+,11-10-. The maximum atomic E-state index is 13.6. The molecular weight excluding hydrogens is 299 g/mol. The Kier molecular flexibility index (Phi) is 5.39. The van der Waals surface area contributed by atoms with Gasteiger partial charge in [0.1, 0.15) is 6.29 Å². The Hall–Kier alpha value is -2.45. The van der Waals surface area contributed by atoms with Crippen LogP contribution in [0.2, 0.25) is 0 Å². The third-order valence-electron chi connectivity index (χ3n) is 2.11. The van der Waals surface area contributed by atoms with E-state index in [1.807, 2.05) is 0 Å². The van der Waals surface area contributed by atoms with Crippen LogP contribution in [-0.2, 0) is 11.1 Å². The highest BCUT2D eigenvalue weighted by molar-refractivity contribution is 5.78. The molecule has 0 amide bonds. The van der Waals surface area contributed by atoms with Crippen molar-refractivity contribution in [1.82, 2.24) is 9.78 Å². The van der Waals surface area contributed by atoms with Crippen LogP contribution in [0, 0.1) is 0 Å². The summed E-state index contributed by atoms with van der Waals surface area (Å²) in [5.41, 5.74) is -0.187. The molecule has 0 unspecified atom stereocenters. The number of carbonyl (C=O) groups excluding carboxylic acids is 1. The highest BCUT2D eigenvalue weighted by atomic mass is 19.4. The van der Waals surface area contributed by atoms with E-state index in [1.54, 1.807) is 0 Å². The van der Waals surface area contributed by atoms with Crippen LogP contribution in [0.1, 0.15) is 0 Å². The van der Waals surface area contributed by atoms with Gasteiger partial charge in [-0.05, 0) is 6.08 Å². The Labute approximate surface area is 115 Å². The molecule has 0 radical (unpaired) electrons. The molecule has 0 fully saturated rings. The second-order valence-electron chi connectivity index (χ2n) is 3.56. The summed E-state index contributed by atoms with van der Waals surface area (Å²) in [6, 6.07) is 0. The van der Waals surface area contributed by atoms with Gasteiger partial charge in [0, 0.05) is 5.57 Å². The van der Waals surface area contributed by atoms with Gasteiger partial charge in [0.25, 0.3) is 0 Å². The molecule has 9 heteroatoms. The van der Waals surface area contributed by atoms with Crippen molar-refractivity contribution in [2.45, 2.75) is 6.30 Å². The van der Waals surface area contributed by atoms with Crippen LogP contribution in [-0.4, -0.2) is 22.7 Å². The maximum Gasteiger partial charge on any atom is 0.504 e. The lowest BCUT2D eigenvalue weighted by molar-refractivity contribution is -0.212. The number of aromatic nitrogens is 2. The van der Waals surface area contributed by atoms with Crippen LogP contribution in [0.5, 0.6) is 5.75 Å². The van der Waals surface area contributed by atoms with Crippen molar-refractivity contribution in [3.05, 3.63) is 48.3 Å². The average molecular weight is 308 g/mol. The summed E-state index contributed by atoms with van der Waals surface area (Å²) in [5, 5.41) is 2.94. The highest BCUT2D eigenvalue weighted by Crippen LogP contribution is 2.25. The number of allylic oxidation sites excluding steroid dienone is 5. The third-order valence-corrected chi connectivity index (χ3v) is 2.11. The van der Waals surface area contributed by atoms with Crippen molar-refractivity contribution in [2.75, 3.05) is 6.67 Å². The number of hydrogen-bond acceptors (Lipinski definition) is 3. The van der Waals surface area contributed by atoms with Gasteiger partial charge in [-0.25, -0.2) is 8.78 Å². The summed E-state index contributed by atoms with van der Waals surface area (Å²) in [6.07, 6.45) is -1.78. The minimum atomic E-state index is -4.77. The van der Waals surface area contributed by atoms with E-state index >= 15 is 0 Å². The molecule has 0 spiro atoms. The van der Waals surface area contributed by atoms with E-state index < -0.39 is 30.3 Å². The molecule has 21 heavy (non-hydrogen) atoms. The molecule has 1 aromatic heterocycles. The number of alkyl halides is 4. The van der Waals surface area contributed by atoms with Crippen molar-refractivity contribution in [3.63, 3.8) is 0 Å². The summed E-state index contributed by atoms with van der Waals surface area (Å²) >= 11 is 0. The van der Waals surface area contributed by atoms with E-state index in [4.69, 9.17) is 0 Å². The summed E-state index contributed by atoms with van der Waals surface area (Å²) in [4.78, 5) is 10.5. The normalized spacial score (nSPS) is 13.7. The topological polar surface area (TPSA) is 44.1 Å². The van der Waals surface area contributed by atoms with Crippen molar-refractivity contribution >= 4 is 6.29 Å². The minimum absolute atomic E-state index is 0.187. The monoisotopic (exact) mass is 308 g/mol. The molecular formula is C12H9F5N2O2. The number of ether oxygens (including phenoxy) is 1. The minimum Gasteiger partial charge on any atom is -0.453 e. The van der Waals surface area contributed by atoms with Gasteiger partial charge in [-0.1, -0.05) is 12.7 Å². The molecule has 0 aliphatic rings. The Morgan fingerprint density at radius 2 is 2.14 bits per heavy atom. The number of carbonyl (C=O) groups is 1. The second-order valence-corrected chi connectivity index (χ2v) is 3.56. The van der Waals surface area contributed by atoms with E-state index in [0.717, 1.165) is 6.08 Å². The molecule has 4 nitrogen and oxygen atoms in total. The van der Waals surface area contributed by atoms with Crippen LogP contribution in [0.25, 0.3) is 0 Å². The van der Waals surface area contributed by atoms with Crippen LogP contribution < -0.4 is 4.74 Å². The Morgan fingerprint density at radius 3 is 2.57 bits per heavy atom. The van der Waals surface area contributed by atoms with Crippen LogP contribution in [0.4, 0.5) is 22.0 Å². The molecule has 0 aliphatic heterocycles. The number of hydrogen-bond donors (Lipinski definition) is 0. The second kappa shape index (κ2) is 6.82. The number of aldehydes is 1. The number of rotatable bonds is 6. The fraction of sp³-hybridized carbons (Fsp3) is 0.167. The van der Waals surface area contributed by atoms with Crippen molar-refractivity contribution in [1.29, 1.82) is 0 Å². The zero-order chi connectivity index (χ0) is 16.0. The van der Waals surface area contributed by atoms with Gasteiger partial charge in [0.15, 0.2) is 24.0 Å². The SMILES string of the molecule is C=C/C(C=O)=C\C(F)=C(/CF)Oc1cnn(C(F)(F)F)c1. The Bertz CT molecular complexity index is 577. The summed E-state index contributed by atoms with van der Waals surface area (Å²) in [6.45, 7) is 1.79. The van der Waals surface area contributed by atoms with Gasteiger partial charge >= 0.3 is 6.30 Å². The molecule has 0 atom stereocenters. The van der Waals surface area contributed by atoms with Crippen LogP contribution in [0.3, 0.4) is 0 Å². The fourth-order valence-corrected chi connectivity index (χ4v) is 1.15. The number of halogens is 5. The molecule has 0 aliphatic carbocycles. The zero-order valence-electron chi connectivity index (χ0n) is 10.4. The molecule has 0 saturated carbocycles. The lowest BCUT2D eigenvalue weighted by Crippen LogP contribution is -2.16. The van der Waals surface area contributed by atoms with E-state index in [1.165, 1.54) is 0 Å². The zero-order valence-corrected chi connectivity index (χ0v) is 10.4. The number of nitrogens with zero attached hydrogens (tertiary/aromatic N) is 2. The molecule has 0 saturated heterocycles. The van der Waals surface area contributed by atoms with Gasteiger partial charge in [-0.2, -0.15) is 9.78 Å². The quantitative estimate of drug-likeness (QED) is 0.266. The predicted molar refractivity (Wildman–Crippen MR) is 62.6 cm³/mol. The molecule has 114 valence electrons. The maximum absolute atomic E-state index is 13.6. The average Bonchev–Trinajstić information content (AvgIpc) is 2.90. The Balaban J connectivity index is 3.02. The lowest BCUT2D eigenvalue weighted by Gasteiger charge is -2.06. The summed E-state index contributed by atoms with van der Waals surface area (Å²) < 4.78 is 67.3. The fourth-order valence-electron chi connectivity index (χ4n) is 1.15. The Morgan fingerprint density at radius 1 is 1.48 bits per heavy atom. The first kappa shape index (κ1) is 16.6. The lowest BCUT2D eigenvalue weighted by atomic mass is 10.2. The highest BCUT2D eigenvalue weighted by Gasteiger charge is 2.32. The summed E-state index contributed by atoms with van der Waals surface area (Å²) in [5.74, 6) is -2.65. The largest absolute Gasteiger partial charge is 0.504 e. The van der Waals surface area contributed by atoms with Crippen molar-refractivity contribution < 1.29 is 31.5 Å². The van der Waals surface area contributed by atoms with Gasteiger partial charge in [-0.3, -0.25) is 4.79 Å². The third kappa shape index (κ3) is 4.55. The first-order chi connectivity index (χ1) is 9.81. The first-order valence-corrected chi connectivity index (χ1v) is 5.35. The van der Waals surface area contributed by atoms with E-state index in [2.05, 4.69) is 16.4 Å². The predicted octanol–water partition coefficient (Wildman–Crippen LogP) is 3.20. The first-order valence-electron chi connectivity index (χ1n) is 5.35. The van der Waals surface area contributed by atoms with Crippen molar-refractivity contribution in [2.24, 2.45) is 0 Å². The smallest absolute Gasteiger partial charge is 0.453 e. The van der Waals surface area contributed by atoms with Crippen molar-refractivity contribution in [3.8, 4) is 5.75 Å². The molecule has 1 aromatic rings. The molecule has 1 rings (SSSR count). The molecule has 0 bridgehead atoms. The molecule has 0 aromatic carbocycles. The van der Waals surface area contributed by atoms with E-state index in [0.29, 0.717) is 18.5 Å². The van der Waals surface area contributed by atoms with E-state index in [-0.39, 0.29) is 16.5 Å².